The Kier molecular flexibility index (Phi) is 8.22. The summed E-state index contributed by atoms with van der Waals surface area (Å²) in [5, 5.41) is 10.7. The third-order valence-electron chi connectivity index (χ3n) is 5.93. The Bertz CT molecular complexity index is 1200. The summed E-state index contributed by atoms with van der Waals surface area (Å²) >= 11 is 0. The molecule has 1 aliphatic heterocycles. The lowest BCUT2D eigenvalue weighted by atomic mass is 10.1. The molecule has 0 spiro atoms. The summed E-state index contributed by atoms with van der Waals surface area (Å²) in [6.07, 6.45) is -3.63. The van der Waals surface area contributed by atoms with Crippen molar-refractivity contribution in [3.05, 3.63) is 83.4 Å². The molecule has 4 rings (SSSR count). The van der Waals surface area contributed by atoms with Crippen LogP contribution in [0.3, 0.4) is 0 Å². The third-order valence-corrected chi connectivity index (χ3v) is 5.93. The Morgan fingerprint density at radius 2 is 1.59 bits per heavy atom. The Labute approximate surface area is 212 Å². The Morgan fingerprint density at radius 1 is 0.892 bits per heavy atom. The summed E-state index contributed by atoms with van der Waals surface area (Å²) in [6, 6.07) is 17.9. The highest BCUT2D eigenvalue weighted by atomic mass is 19.4. The van der Waals surface area contributed by atoms with E-state index in [9.17, 15) is 22.8 Å². The zero-order valence-corrected chi connectivity index (χ0v) is 19.9. The number of ether oxygens (including phenoxy) is 1. The van der Waals surface area contributed by atoms with Crippen molar-refractivity contribution in [1.29, 1.82) is 0 Å². The quantitative estimate of drug-likeness (QED) is 0.477. The van der Waals surface area contributed by atoms with Crippen LogP contribution in [-0.4, -0.2) is 59.8 Å². The van der Waals surface area contributed by atoms with Crippen LogP contribution in [-0.2, 0) is 12.6 Å². The first-order chi connectivity index (χ1) is 17.8. The van der Waals surface area contributed by atoms with E-state index < -0.39 is 23.7 Å². The zero-order chi connectivity index (χ0) is 26.3. The minimum atomic E-state index is -4.60. The predicted molar refractivity (Wildman–Crippen MR) is 130 cm³/mol. The van der Waals surface area contributed by atoms with Crippen LogP contribution in [0.2, 0.25) is 0 Å². The van der Waals surface area contributed by atoms with Gasteiger partial charge in [-0.1, -0.05) is 42.5 Å². The van der Waals surface area contributed by atoms with E-state index in [0.717, 1.165) is 18.9 Å². The number of benzene rings is 2. The molecule has 2 aromatic carbocycles. The fourth-order valence-electron chi connectivity index (χ4n) is 4.02. The number of hydrogen-bond donors (Lipinski definition) is 1. The fraction of sp³-hybridized carbons (Fsp3) is 0.308. The van der Waals surface area contributed by atoms with Gasteiger partial charge >= 0.3 is 12.3 Å². The van der Waals surface area contributed by atoms with Crippen LogP contribution in [0.25, 0.3) is 0 Å². The second-order valence-corrected chi connectivity index (χ2v) is 8.46. The maximum Gasteiger partial charge on any atom is 0.417 e. The van der Waals surface area contributed by atoms with Gasteiger partial charge in [-0.25, -0.2) is 4.79 Å². The molecule has 1 N–H and O–H groups in total. The number of alkyl halides is 3. The number of nitrogens with one attached hydrogen (secondary N) is 1. The third kappa shape index (κ3) is 6.96. The molecule has 1 saturated heterocycles. The monoisotopic (exact) mass is 513 g/mol. The SMILES string of the molecule is O=C(NCCCc1ccccc1)Oc1ccc(N2CCN(C(=O)c3ccccc3C(F)(F)F)CC2)nn1. The zero-order valence-electron chi connectivity index (χ0n) is 19.9. The van der Waals surface area contributed by atoms with E-state index in [1.165, 1.54) is 34.7 Å². The standard InChI is InChI=1S/C26H26F3N5O3/c27-26(28,29)21-11-5-4-10-20(21)24(35)34-17-15-33(16-18-34)22-12-13-23(32-31-22)37-25(36)30-14-6-9-19-7-2-1-3-8-19/h1-5,7-8,10-13H,6,9,14-18H2,(H,30,36). The topological polar surface area (TPSA) is 87.7 Å². The molecule has 2 heterocycles. The van der Waals surface area contributed by atoms with Gasteiger partial charge in [0.15, 0.2) is 5.82 Å². The van der Waals surface area contributed by atoms with Gasteiger partial charge in [0, 0.05) is 38.8 Å². The molecule has 0 bridgehead atoms. The summed E-state index contributed by atoms with van der Waals surface area (Å²) in [5.41, 5.74) is -0.109. The van der Waals surface area contributed by atoms with Crippen LogP contribution in [0.5, 0.6) is 5.88 Å². The van der Waals surface area contributed by atoms with Crippen LogP contribution in [0.1, 0.15) is 27.9 Å². The van der Waals surface area contributed by atoms with Gasteiger partial charge in [-0.15, -0.1) is 10.2 Å². The number of amides is 2. The summed E-state index contributed by atoms with van der Waals surface area (Å²) in [4.78, 5) is 28.0. The molecule has 2 amide bonds. The lowest BCUT2D eigenvalue weighted by Crippen LogP contribution is -2.49. The van der Waals surface area contributed by atoms with Crippen molar-refractivity contribution in [2.45, 2.75) is 19.0 Å². The number of nitrogens with zero attached hydrogens (tertiary/aromatic N) is 4. The summed E-state index contributed by atoms with van der Waals surface area (Å²) in [5.74, 6) is -0.0996. The van der Waals surface area contributed by atoms with E-state index in [2.05, 4.69) is 15.5 Å². The average molecular weight is 514 g/mol. The first kappa shape index (κ1) is 25.9. The van der Waals surface area contributed by atoms with Gasteiger partial charge in [-0.05, 0) is 36.6 Å². The molecule has 0 atom stereocenters. The van der Waals surface area contributed by atoms with E-state index in [1.807, 2.05) is 35.2 Å². The van der Waals surface area contributed by atoms with Crippen molar-refractivity contribution in [1.82, 2.24) is 20.4 Å². The highest BCUT2D eigenvalue weighted by molar-refractivity contribution is 5.96. The molecule has 194 valence electrons. The first-order valence-corrected chi connectivity index (χ1v) is 11.8. The first-order valence-electron chi connectivity index (χ1n) is 11.8. The molecular formula is C26H26F3N5O3. The van der Waals surface area contributed by atoms with Gasteiger partial charge in [0.2, 0.25) is 5.88 Å². The summed E-state index contributed by atoms with van der Waals surface area (Å²) < 4.78 is 45.0. The van der Waals surface area contributed by atoms with Crippen molar-refractivity contribution in [2.75, 3.05) is 37.6 Å². The average Bonchev–Trinajstić information content (AvgIpc) is 2.91. The molecule has 11 heteroatoms. The predicted octanol–water partition coefficient (Wildman–Crippen LogP) is 4.18. The minimum absolute atomic E-state index is 0.0434. The minimum Gasteiger partial charge on any atom is -0.390 e. The van der Waals surface area contributed by atoms with Gasteiger partial charge < -0.3 is 19.9 Å². The van der Waals surface area contributed by atoms with Crippen molar-refractivity contribution in [2.24, 2.45) is 0 Å². The van der Waals surface area contributed by atoms with E-state index in [1.54, 1.807) is 6.07 Å². The maximum atomic E-state index is 13.3. The molecule has 0 saturated carbocycles. The van der Waals surface area contributed by atoms with E-state index in [0.29, 0.717) is 25.5 Å². The lowest BCUT2D eigenvalue weighted by Gasteiger charge is -2.35. The number of piperazine rings is 1. The second-order valence-electron chi connectivity index (χ2n) is 8.46. The fourth-order valence-corrected chi connectivity index (χ4v) is 4.02. The van der Waals surface area contributed by atoms with Crippen molar-refractivity contribution >= 4 is 17.8 Å². The summed E-state index contributed by atoms with van der Waals surface area (Å²) in [6.45, 7) is 1.66. The highest BCUT2D eigenvalue weighted by Gasteiger charge is 2.36. The van der Waals surface area contributed by atoms with Gasteiger partial charge in [-0.3, -0.25) is 4.79 Å². The van der Waals surface area contributed by atoms with Crippen LogP contribution in [0.15, 0.2) is 66.7 Å². The highest BCUT2D eigenvalue weighted by Crippen LogP contribution is 2.32. The van der Waals surface area contributed by atoms with Crippen LogP contribution < -0.4 is 15.0 Å². The molecular weight excluding hydrogens is 487 g/mol. The van der Waals surface area contributed by atoms with E-state index in [-0.39, 0.29) is 24.5 Å². The van der Waals surface area contributed by atoms with Gasteiger partial charge in [0.05, 0.1) is 11.1 Å². The Morgan fingerprint density at radius 3 is 2.27 bits per heavy atom. The summed E-state index contributed by atoms with van der Waals surface area (Å²) in [7, 11) is 0. The van der Waals surface area contributed by atoms with Crippen molar-refractivity contribution in [3.63, 3.8) is 0 Å². The molecule has 8 nitrogen and oxygen atoms in total. The van der Waals surface area contributed by atoms with Crippen LogP contribution in [0.4, 0.5) is 23.8 Å². The number of rotatable bonds is 7. The molecule has 0 unspecified atom stereocenters. The molecule has 1 aromatic heterocycles. The van der Waals surface area contributed by atoms with Gasteiger partial charge in [-0.2, -0.15) is 13.2 Å². The number of anilines is 1. The van der Waals surface area contributed by atoms with E-state index >= 15 is 0 Å². The van der Waals surface area contributed by atoms with Crippen molar-refractivity contribution < 1.29 is 27.5 Å². The number of halogens is 3. The Balaban J connectivity index is 1.23. The number of hydrogen-bond acceptors (Lipinski definition) is 6. The van der Waals surface area contributed by atoms with Gasteiger partial charge in [0.25, 0.3) is 5.91 Å². The molecule has 1 fully saturated rings. The van der Waals surface area contributed by atoms with Crippen LogP contribution in [0, 0.1) is 0 Å². The lowest BCUT2D eigenvalue weighted by molar-refractivity contribution is -0.138. The maximum absolute atomic E-state index is 13.3. The van der Waals surface area contributed by atoms with E-state index in [4.69, 9.17) is 4.74 Å². The molecule has 37 heavy (non-hydrogen) atoms. The van der Waals surface area contributed by atoms with Gasteiger partial charge in [0.1, 0.15) is 0 Å². The number of aromatic nitrogens is 2. The molecule has 1 aliphatic rings. The number of carbonyl (C=O) groups is 2. The van der Waals surface area contributed by atoms with Crippen LogP contribution >= 0.6 is 0 Å². The second kappa shape index (κ2) is 11.7. The molecule has 0 radical (unpaired) electrons. The van der Waals surface area contributed by atoms with Crippen molar-refractivity contribution in [3.8, 4) is 5.88 Å². The smallest absolute Gasteiger partial charge is 0.390 e. The normalized spacial score (nSPS) is 13.8. The molecule has 3 aromatic rings. The number of aryl methyl sites for hydroxylation is 1. The largest absolute Gasteiger partial charge is 0.417 e. The molecule has 0 aliphatic carbocycles. The number of carbonyl (C=O) groups excluding carboxylic acids is 2. The Hall–Kier alpha value is -4.15.